The van der Waals surface area contributed by atoms with Crippen LogP contribution in [0, 0.1) is 5.92 Å². The highest BCUT2D eigenvalue weighted by Crippen LogP contribution is 2.33. The van der Waals surface area contributed by atoms with Crippen LogP contribution in [0.4, 0.5) is 10.5 Å². The lowest BCUT2D eigenvalue weighted by Crippen LogP contribution is -2.47. The Hall–Kier alpha value is -1.56. The number of anilines is 1. The Morgan fingerprint density at radius 2 is 2.00 bits per heavy atom. The van der Waals surface area contributed by atoms with Crippen molar-refractivity contribution < 1.29 is 14.3 Å². The summed E-state index contributed by atoms with van der Waals surface area (Å²) in [5.74, 6) is -0.0369. The zero-order valence-corrected chi connectivity index (χ0v) is 16.6. The van der Waals surface area contributed by atoms with E-state index in [1.54, 1.807) is 4.90 Å². The molecule has 3 rings (SSSR count). The van der Waals surface area contributed by atoms with Gasteiger partial charge in [-0.05, 0) is 63.8 Å². The summed E-state index contributed by atoms with van der Waals surface area (Å²) in [6.07, 6.45) is 2.20. The van der Waals surface area contributed by atoms with Crippen LogP contribution in [-0.4, -0.2) is 42.1 Å². The number of likely N-dealkylation sites (tertiary alicyclic amines) is 1. The van der Waals surface area contributed by atoms with E-state index >= 15 is 0 Å². The van der Waals surface area contributed by atoms with Crippen molar-refractivity contribution in [3.8, 4) is 0 Å². The van der Waals surface area contributed by atoms with Gasteiger partial charge >= 0.3 is 6.09 Å². The molecule has 25 heavy (non-hydrogen) atoms. The molecule has 1 saturated heterocycles. The molecule has 1 atom stereocenters. The molecule has 0 bridgehead atoms. The summed E-state index contributed by atoms with van der Waals surface area (Å²) in [5.41, 5.74) is 1.68. The Morgan fingerprint density at radius 3 is 2.72 bits per heavy atom. The summed E-state index contributed by atoms with van der Waals surface area (Å²) in [5, 5.41) is 0. The molecule has 136 valence electrons. The van der Waals surface area contributed by atoms with E-state index in [1.807, 2.05) is 37.8 Å². The van der Waals surface area contributed by atoms with E-state index in [2.05, 4.69) is 22.0 Å². The number of amides is 2. The Bertz CT molecular complexity index is 684. The average molecular weight is 409 g/mol. The molecule has 0 radical (unpaired) electrons. The highest BCUT2D eigenvalue weighted by Gasteiger charge is 2.35. The molecular formula is C19H25BrN2O3. The van der Waals surface area contributed by atoms with Crippen LogP contribution >= 0.6 is 15.9 Å². The second kappa shape index (κ2) is 6.98. The molecule has 0 aliphatic carbocycles. The minimum absolute atomic E-state index is 0.120. The van der Waals surface area contributed by atoms with Crippen molar-refractivity contribution in [1.29, 1.82) is 0 Å². The fourth-order valence-corrected chi connectivity index (χ4v) is 3.90. The second-order valence-electron chi connectivity index (χ2n) is 7.78. The quantitative estimate of drug-likeness (QED) is 0.705. The van der Waals surface area contributed by atoms with Gasteiger partial charge in [0.05, 0.1) is 5.92 Å². The maximum Gasteiger partial charge on any atom is 0.410 e. The van der Waals surface area contributed by atoms with Crippen molar-refractivity contribution in [2.24, 2.45) is 5.92 Å². The van der Waals surface area contributed by atoms with Gasteiger partial charge in [-0.15, -0.1) is 0 Å². The summed E-state index contributed by atoms with van der Waals surface area (Å²) < 4.78 is 6.49. The Morgan fingerprint density at radius 1 is 1.24 bits per heavy atom. The van der Waals surface area contributed by atoms with Crippen molar-refractivity contribution in [1.82, 2.24) is 4.90 Å². The molecule has 6 heteroatoms. The minimum Gasteiger partial charge on any atom is -0.444 e. The van der Waals surface area contributed by atoms with Gasteiger partial charge in [0.2, 0.25) is 5.91 Å². The van der Waals surface area contributed by atoms with Crippen molar-refractivity contribution >= 4 is 33.6 Å². The molecule has 2 aliphatic heterocycles. The van der Waals surface area contributed by atoms with Gasteiger partial charge in [-0.25, -0.2) is 4.79 Å². The molecule has 1 unspecified atom stereocenters. The van der Waals surface area contributed by atoms with Gasteiger partial charge in [-0.3, -0.25) is 4.79 Å². The van der Waals surface area contributed by atoms with Gasteiger partial charge in [0.1, 0.15) is 5.60 Å². The number of rotatable bonds is 1. The van der Waals surface area contributed by atoms with E-state index in [-0.39, 0.29) is 17.9 Å². The lowest BCUT2D eigenvalue weighted by Gasteiger charge is -2.35. The fraction of sp³-hybridized carbons (Fsp3) is 0.579. The van der Waals surface area contributed by atoms with Gasteiger partial charge in [-0.1, -0.05) is 15.9 Å². The van der Waals surface area contributed by atoms with Crippen molar-refractivity contribution in [2.75, 3.05) is 24.5 Å². The first kappa shape index (κ1) is 18.2. The monoisotopic (exact) mass is 408 g/mol. The van der Waals surface area contributed by atoms with E-state index in [0.717, 1.165) is 29.4 Å². The van der Waals surface area contributed by atoms with Gasteiger partial charge in [0.25, 0.3) is 0 Å². The molecule has 0 aromatic heterocycles. The lowest BCUT2D eigenvalue weighted by molar-refractivity contribution is -0.123. The molecule has 0 spiro atoms. The van der Waals surface area contributed by atoms with Gasteiger partial charge in [0, 0.05) is 29.8 Å². The van der Waals surface area contributed by atoms with Crippen LogP contribution in [0.5, 0.6) is 0 Å². The summed E-state index contributed by atoms with van der Waals surface area (Å²) in [6.45, 7) is 7.39. The van der Waals surface area contributed by atoms with Crippen LogP contribution in [-0.2, 0) is 16.0 Å². The van der Waals surface area contributed by atoms with Gasteiger partial charge < -0.3 is 14.5 Å². The van der Waals surface area contributed by atoms with Crippen LogP contribution in [0.2, 0.25) is 0 Å². The lowest BCUT2D eigenvalue weighted by atomic mass is 9.96. The highest BCUT2D eigenvalue weighted by molar-refractivity contribution is 9.10. The number of hydrogen-bond acceptors (Lipinski definition) is 3. The van der Waals surface area contributed by atoms with E-state index < -0.39 is 5.60 Å². The van der Waals surface area contributed by atoms with Crippen LogP contribution < -0.4 is 4.90 Å². The third-order valence-corrected chi connectivity index (χ3v) is 5.12. The Kier molecular flexibility index (Phi) is 5.09. The fourth-order valence-electron chi connectivity index (χ4n) is 3.49. The second-order valence-corrected chi connectivity index (χ2v) is 8.69. The molecule has 1 aromatic carbocycles. The van der Waals surface area contributed by atoms with E-state index in [1.165, 1.54) is 5.56 Å². The number of hydrogen-bond donors (Lipinski definition) is 0. The standard InChI is InChI=1S/C19H25BrN2O3/c1-19(2,3)25-18(24)21-9-4-5-14(12-21)17(23)22-10-8-13-11-15(20)6-7-16(13)22/h6-7,11,14H,4-5,8-10,12H2,1-3H3. The number of carbonyl (C=O) groups is 2. The summed E-state index contributed by atoms with van der Waals surface area (Å²) in [4.78, 5) is 28.9. The number of carbonyl (C=O) groups excluding carboxylic acids is 2. The van der Waals surface area contributed by atoms with Crippen LogP contribution in [0.15, 0.2) is 22.7 Å². The number of fused-ring (bicyclic) bond motifs is 1. The van der Waals surface area contributed by atoms with Crippen molar-refractivity contribution in [3.63, 3.8) is 0 Å². The molecule has 2 aliphatic rings. The van der Waals surface area contributed by atoms with Crippen LogP contribution in [0.1, 0.15) is 39.2 Å². The van der Waals surface area contributed by atoms with Crippen molar-refractivity contribution in [2.45, 2.75) is 45.6 Å². The van der Waals surface area contributed by atoms with Gasteiger partial charge in [-0.2, -0.15) is 0 Å². The molecule has 1 aromatic rings. The third kappa shape index (κ3) is 4.17. The van der Waals surface area contributed by atoms with Gasteiger partial charge in [0.15, 0.2) is 0 Å². The highest BCUT2D eigenvalue weighted by atomic mass is 79.9. The molecule has 2 heterocycles. The topological polar surface area (TPSA) is 49.9 Å². The Balaban J connectivity index is 1.68. The van der Waals surface area contributed by atoms with E-state index in [4.69, 9.17) is 4.74 Å². The zero-order valence-electron chi connectivity index (χ0n) is 15.0. The van der Waals surface area contributed by atoms with Crippen LogP contribution in [0.3, 0.4) is 0 Å². The maximum absolute atomic E-state index is 13.0. The first-order chi connectivity index (χ1) is 11.7. The predicted molar refractivity (Wildman–Crippen MR) is 101 cm³/mol. The number of nitrogens with zero attached hydrogens (tertiary/aromatic N) is 2. The SMILES string of the molecule is CC(C)(C)OC(=O)N1CCCC(C(=O)N2CCc3cc(Br)ccc32)C1. The average Bonchev–Trinajstić information content (AvgIpc) is 2.95. The number of ether oxygens (including phenoxy) is 1. The predicted octanol–water partition coefficient (Wildman–Crippen LogP) is 3.99. The summed E-state index contributed by atoms with van der Waals surface area (Å²) in [7, 11) is 0. The minimum atomic E-state index is -0.519. The molecule has 0 N–H and O–H groups in total. The largest absolute Gasteiger partial charge is 0.444 e. The maximum atomic E-state index is 13.0. The van der Waals surface area contributed by atoms with Crippen LogP contribution in [0.25, 0.3) is 0 Å². The number of halogens is 1. The third-order valence-electron chi connectivity index (χ3n) is 4.63. The first-order valence-electron chi connectivity index (χ1n) is 8.82. The molecule has 0 saturated carbocycles. The Labute approximate surface area is 157 Å². The van der Waals surface area contributed by atoms with E-state index in [9.17, 15) is 9.59 Å². The summed E-state index contributed by atoms with van der Waals surface area (Å²) >= 11 is 3.48. The van der Waals surface area contributed by atoms with Crippen molar-refractivity contribution in [3.05, 3.63) is 28.2 Å². The summed E-state index contributed by atoms with van der Waals surface area (Å²) in [6, 6.07) is 6.05. The number of piperidine rings is 1. The molecular weight excluding hydrogens is 384 g/mol. The normalized spacial score (nSPS) is 20.4. The smallest absolute Gasteiger partial charge is 0.410 e. The first-order valence-corrected chi connectivity index (χ1v) is 9.61. The van der Waals surface area contributed by atoms with E-state index in [0.29, 0.717) is 19.6 Å². The molecule has 5 nitrogen and oxygen atoms in total. The zero-order chi connectivity index (χ0) is 18.2. The molecule has 1 fully saturated rings. The molecule has 2 amide bonds. The number of benzene rings is 1.